The van der Waals surface area contributed by atoms with Crippen molar-refractivity contribution in [1.82, 2.24) is 0 Å². The lowest BCUT2D eigenvalue weighted by Crippen LogP contribution is -2.22. The van der Waals surface area contributed by atoms with E-state index in [2.05, 4.69) is 4.74 Å². The van der Waals surface area contributed by atoms with Crippen LogP contribution in [0.3, 0.4) is 0 Å². The van der Waals surface area contributed by atoms with Gasteiger partial charge in [0.25, 0.3) is 0 Å². The summed E-state index contributed by atoms with van der Waals surface area (Å²) in [7, 11) is 2.50. The highest BCUT2D eigenvalue weighted by Crippen LogP contribution is 2.24. The van der Waals surface area contributed by atoms with Gasteiger partial charge in [-0.15, -0.1) is 0 Å². The first-order chi connectivity index (χ1) is 8.99. The van der Waals surface area contributed by atoms with Crippen LogP contribution in [0, 0.1) is 11.6 Å². The second-order valence-corrected chi connectivity index (χ2v) is 3.70. The number of rotatable bonds is 6. The molecule has 0 aromatic heterocycles. The van der Waals surface area contributed by atoms with Gasteiger partial charge in [-0.3, -0.25) is 0 Å². The molecular weight excluding hydrogens is 260 g/mol. The van der Waals surface area contributed by atoms with Crippen LogP contribution in [0.15, 0.2) is 12.1 Å². The predicted octanol–water partition coefficient (Wildman–Crippen LogP) is 1.16. The van der Waals surface area contributed by atoms with Crippen LogP contribution in [0.25, 0.3) is 0 Å². The van der Waals surface area contributed by atoms with Crippen LogP contribution in [-0.4, -0.2) is 33.4 Å². The molecule has 0 radical (unpaired) electrons. The lowest BCUT2D eigenvalue weighted by atomic mass is 10.1. The summed E-state index contributed by atoms with van der Waals surface area (Å²) in [5, 5.41) is 0. The third kappa shape index (κ3) is 4.15. The normalized spacial score (nSPS) is 12.1. The van der Waals surface area contributed by atoms with E-state index in [-0.39, 0.29) is 24.5 Å². The minimum absolute atomic E-state index is 0.0569. The Morgan fingerprint density at radius 2 is 1.89 bits per heavy atom. The molecule has 19 heavy (non-hydrogen) atoms. The Kier molecular flexibility index (Phi) is 5.65. The summed E-state index contributed by atoms with van der Waals surface area (Å²) in [5.74, 6) is -2.19. The lowest BCUT2D eigenvalue weighted by Gasteiger charge is -2.14. The Bertz CT molecular complexity index is 430. The molecule has 7 heteroatoms. The van der Waals surface area contributed by atoms with Gasteiger partial charge in [-0.2, -0.15) is 0 Å². The fraction of sp³-hybridized carbons (Fsp3) is 0.417. The zero-order valence-corrected chi connectivity index (χ0v) is 10.6. The molecule has 0 aliphatic heterocycles. The van der Waals surface area contributed by atoms with Crippen molar-refractivity contribution in [3.8, 4) is 5.75 Å². The molecule has 1 atom stereocenters. The van der Waals surface area contributed by atoms with Gasteiger partial charge in [0.15, 0.2) is 0 Å². The van der Waals surface area contributed by atoms with Crippen LogP contribution in [0.5, 0.6) is 5.75 Å². The molecule has 1 unspecified atom stereocenters. The lowest BCUT2D eigenvalue weighted by molar-refractivity contribution is -0.146. The molecule has 1 aromatic rings. The first kappa shape index (κ1) is 15.3. The molecule has 0 aliphatic carbocycles. The SMILES string of the molecule is COC(=O)COCC(N)c1c(F)cc(OC)cc1F. The number of hydrogen-bond donors (Lipinski definition) is 1. The molecule has 0 saturated heterocycles. The van der Waals surface area contributed by atoms with Gasteiger partial charge in [-0.05, 0) is 0 Å². The molecule has 0 amide bonds. The number of esters is 1. The summed E-state index contributed by atoms with van der Waals surface area (Å²) in [5.41, 5.74) is 5.30. The minimum atomic E-state index is -1.03. The van der Waals surface area contributed by atoms with E-state index in [1.165, 1.54) is 14.2 Å². The van der Waals surface area contributed by atoms with Gasteiger partial charge in [0, 0.05) is 17.7 Å². The van der Waals surface area contributed by atoms with Crippen molar-refractivity contribution in [2.75, 3.05) is 27.4 Å². The van der Waals surface area contributed by atoms with Crippen molar-refractivity contribution in [1.29, 1.82) is 0 Å². The van der Waals surface area contributed by atoms with E-state index in [1.807, 2.05) is 0 Å². The van der Waals surface area contributed by atoms with E-state index in [0.29, 0.717) is 0 Å². The van der Waals surface area contributed by atoms with Crippen molar-refractivity contribution in [2.45, 2.75) is 6.04 Å². The monoisotopic (exact) mass is 275 g/mol. The van der Waals surface area contributed by atoms with Crippen LogP contribution >= 0.6 is 0 Å². The smallest absolute Gasteiger partial charge is 0.331 e. The topological polar surface area (TPSA) is 70.8 Å². The molecule has 2 N–H and O–H groups in total. The summed E-state index contributed by atoms with van der Waals surface area (Å²) < 4.78 is 41.3. The Hall–Kier alpha value is -1.73. The maximum atomic E-state index is 13.7. The number of halogens is 2. The molecule has 0 bridgehead atoms. The summed E-state index contributed by atoms with van der Waals surface area (Å²) in [6.07, 6.45) is 0. The Labute approximate surface area is 109 Å². The molecule has 0 heterocycles. The van der Waals surface area contributed by atoms with Crippen LogP contribution in [0.4, 0.5) is 8.78 Å². The minimum Gasteiger partial charge on any atom is -0.497 e. The number of carbonyl (C=O) groups is 1. The maximum Gasteiger partial charge on any atom is 0.331 e. The van der Waals surface area contributed by atoms with E-state index in [9.17, 15) is 13.6 Å². The largest absolute Gasteiger partial charge is 0.497 e. The van der Waals surface area contributed by atoms with E-state index in [4.69, 9.17) is 15.2 Å². The van der Waals surface area contributed by atoms with Gasteiger partial charge in [0.05, 0.1) is 26.9 Å². The molecular formula is C12H15F2NO4. The molecule has 0 fully saturated rings. The fourth-order valence-corrected chi connectivity index (χ4v) is 1.44. The van der Waals surface area contributed by atoms with Crippen molar-refractivity contribution >= 4 is 5.97 Å². The zero-order valence-electron chi connectivity index (χ0n) is 10.6. The zero-order chi connectivity index (χ0) is 14.4. The highest BCUT2D eigenvalue weighted by molar-refractivity contribution is 5.70. The van der Waals surface area contributed by atoms with E-state index >= 15 is 0 Å². The summed E-state index contributed by atoms with van der Waals surface area (Å²) in [4.78, 5) is 10.8. The summed E-state index contributed by atoms with van der Waals surface area (Å²) in [6.45, 7) is -0.543. The molecule has 0 saturated carbocycles. The van der Waals surface area contributed by atoms with Gasteiger partial charge >= 0.3 is 5.97 Å². The number of carbonyl (C=O) groups excluding carboxylic acids is 1. The molecule has 1 aromatic carbocycles. The second-order valence-electron chi connectivity index (χ2n) is 3.70. The third-order valence-corrected chi connectivity index (χ3v) is 2.40. The molecule has 5 nitrogen and oxygen atoms in total. The molecule has 106 valence electrons. The highest BCUT2D eigenvalue weighted by atomic mass is 19.1. The van der Waals surface area contributed by atoms with Gasteiger partial charge in [-0.1, -0.05) is 0 Å². The van der Waals surface area contributed by atoms with Crippen LogP contribution < -0.4 is 10.5 Å². The number of hydrogen-bond acceptors (Lipinski definition) is 5. The predicted molar refractivity (Wildman–Crippen MR) is 62.7 cm³/mol. The van der Waals surface area contributed by atoms with Crippen LogP contribution in [0.2, 0.25) is 0 Å². The van der Waals surface area contributed by atoms with Gasteiger partial charge in [-0.25, -0.2) is 13.6 Å². The van der Waals surface area contributed by atoms with Crippen molar-refractivity contribution in [3.05, 3.63) is 29.3 Å². The van der Waals surface area contributed by atoms with Gasteiger partial charge in [0.2, 0.25) is 0 Å². The summed E-state index contributed by atoms with van der Waals surface area (Å²) >= 11 is 0. The van der Waals surface area contributed by atoms with E-state index in [0.717, 1.165) is 12.1 Å². The van der Waals surface area contributed by atoms with Crippen molar-refractivity contribution in [3.63, 3.8) is 0 Å². The summed E-state index contributed by atoms with van der Waals surface area (Å²) in [6, 6.07) is 1.02. The average Bonchev–Trinajstić information content (AvgIpc) is 2.37. The molecule has 0 aliphatic rings. The average molecular weight is 275 g/mol. The maximum absolute atomic E-state index is 13.7. The molecule has 1 rings (SSSR count). The Morgan fingerprint density at radius 3 is 2.37 bits per heavy atom. The number of benzene rings is 1. The van der Waals surface area contributed by atoms with Crippen molar-refractivity contribution in [2.24, 2.45) is 5.73 Å². The first-order valence-electron chi connectivity index (χ1n) is 5.42. The number of ether oxygens (including phenoxy) is 3. The van der Waals surface area contributed by atoms with Crippen LogP contribution in [-0.2, 0) is 14.3 Å². The second kappa shape index (κ2) is 7.01. The quantitative estimate of drug-likeness (QED) is 0.789. The Morgan fingerprint density at radius 1 is 1.32 bits per heavy atom. The fourth-order valence-electron chi connectivity index (χ4n) is 1.44. The Balaban J connectivity index is 2.71. The number of nitrogens with two attached hydrogens (primary N) is 1. The van der Waals surface area contributed by atoms with Gasteiger partial charge in [0.1, 0.15) is 24.0 Å². The number of methoxy groups -OCH3 is 2. The van der Waals surface area contributed by atoms with Crippen molar-refractivity contribution < 1.29 is 27.8 Å². The van der Waals surface area contributed by atoms with E-state index in [1.54, 1.807) is 0 Å². The standard InChI is InChI=1S/C12H15F2NO4/c1-17-7-3-8(13)12(9(14)4-7)10(15)5-19-6-11(16)18-2/h3-4,10H,5-6,15H2,1-2H3. The first-order valence-corrected chi connectivity index (χ1v) is 5.42. The molecule has 0 spiro atoms. The van der Waals surface area contributed by atoms with Crippen LogP contribution in [0.1, 0.15) is 11.6 Å². The van der Waals surface area contributed by atoms with Gasteiger partial charge < -0.3 is 19.9 Å². The van der Waals surface area contributed by atoms with E-state index < -0.39 is 23.6 Å². The third-order valence-electron chi connectivity index (χ3n) is 2.40. The highest BCUT2D eigenvalue weighted by Gasteiger charge is 2.19.